The number of fused-ring (bicyclic) bond motifs is 9. The van der Waals surface area contributed by atoms with E-state index in [1.54, 1.807) is 0 Å². The van der Waals surface area contributed by atoms with Crippen molar-refractivity contribution in [1.82, 2.24) is 0 Å². The van der Waals surface area contributed by atoms with Gasteiger partial charge in [0.15, 0.2) is 0 Å². The standard InChI is InChI=1S/C15H24O2Si/c1-9-6-12-8-13(9)14-10-4-5-11(7-10)15(12,14)18(16-2)17-3/h4-5,9-14,18H,6-8H2,1-3H3. The van der Waals surface area contributed by atoms with Crippen LogP contribution in [0.15, 0.2) is 12.2 Å². The predicted molar refractivity (Wildman–Crippen MR) is 73.5 cm³/mol. The molecule has 0 N–H and O–H groups in total. The van der Waals surface area contributed by atoms with Crippen molar-refractivity contribution in [2.75, 3.05) is 14.2 Å². The highest BCUT2D eigenvalue weighted by atomic mass is 28.3. The number of hydrogen-bond donors (Lipinski definition) is 0. The SMILES string of the molecule is CO[SiH](OC)C12C3C=CC(C3)C1C1CC2CC1C. The van der Waals surface area contributed by atoms with Crippen LogP contribution in [0.5, 0.6) is 0 Å². The van der Waals surface area contributed by atoms with Crippen LogP contribution in [0.25, 0.3) is 0 Å². The zero-order valence-corrected chi connectivity index (χ0v) is 12.8. The summed E-state index contributed by atoms with van der Waals surface area (Å²) in [6.45, 7) is 2.47. The first-order chi connectivity index (χ1) is 8.73. The number of allylic oxidation sites excluding steroid dienone is 2. The van der Waals surface area contributed by atoms with Crippen LogP contribution in [0.4, 0.5) is 0 Å². The van der Waals surface area contributed by atoms with Crippen LogP contribution in [0, 0.1) is 35.5 Å². The van der Waals surface area contributed by atoms with Crippen LogP contribution in [0.2, 0.25) is 5.04 Å². The molecule has 3 heteroatoms. The zero-order chi connectivity index (χ0) is 12.5. The first-order valence-electron chi connectivity index (χ1n) is 7.47. The van der Waals surface area contributed by atoms with Crippen molar-refractivity contribution in [2.45, 2.75) is 31.2 Å². The van der Waals surface area contributed by atoms with Crippen LogP contribution < -0.4 is 0 Å². The second kappa shape index (κ2) is 3.71. The van der Waals surface area contributed by atoms with Crippen molar-refractivity contribution in [3.05, 3.63) is 12.2 Å². The Morgan fingerprint density at radius 2 is 1.89 bits per heavy atom. The normalized spacial score (nSPS) is 55.8. The molecule has 0 spiro atoms. The minimum absolute atomic E-state index is 0.445. The van der Waals surface area contributed by atoms with E-state index in [2.05, 4.69) is 19.1 Å². The molecule has 18 heavy (non-hydrogen) atoms. The Hall–Kier alpha value is -0.123. The van der Waals surface area contributed by atoms with E-state index in [1.165, 1.54) is 19.3 Å². The van der Waals surface area contributed by atoms with Crippen LogP contribution in [0.1, 0.15) is 26.2 Å². The molecule has 4 rings (SSSR count). The van der Waals surface area contributed by atoms with E-state index in [1.807, 2.05) is 14.2 Å². The van der Waals surface area contributed by atoms with Crippen molar-refractivity contribution in [1.29, 1.82) is 0 Å². The summed E-state index contributed by atoms with van der Waals surface area (Å²) in [6.07, 6.45) is 9.29. The minimum atomic E-state index is -1.54. The Balaban J connectivity index is 1.82. The monoisotopic (exact) mass is 264 g/mol. The Kier molecular flexibility index (Phi) is 2.41. The molecule has 0 heterocycles. The number of hydrogen-bond acceptors (Lipinski definition) is 2. The molecule has 0 aromatic heterocycles. The maximum atomic E-state index is 5.91. The summed E-state index contributed by atoms with van der Waals surface area (Å²) in [5, 5.41) is 0.445. The van der Waals surface area contributed by atoms with Gasteiger partial charge >= 0.3 is 9.28 Å². The van der Waals surface area contributed by atoms with Gasteiger partial charge in [-0.2, -0.15) is 0 Å². The van der Waals surface area contributed by atoms with Gasteiger partial charge in [0, 0.05) is 19.3 Å². The molecule has 0 saturated heterocycles. The first kappa shape index (κ1) is 11.7. The highest BCUT2D eigenvalue weighted by molar-refractivity contribution is 6.49. The van der Waals surface area contributed by atoms with Crippen LogP contribution in [-0.4, -0.2) is 23.5 Å². The third-order valence-electron chi connectivity index (χ3n) is 6.75. The van der Waals surface area contributed by atoms with Crippen molar-refractivity contribution in [3.63, 3.8) is 0 Å². The molecule has 0 radical (unpaired) electrons. The summed E-state index contributed by atoms with van der Waals surface area (Å²) in [6, 6.07) is 0. The fourth-order valence-corrected chi connectivity index (χ4v) is 9.54. The topological polar surface area (TPSA) is 18.5 Å². The van der Waals surface area contributed by atoms with E-state index < -0.39 is 9.28 Å². The second-order valence-electron chi connectivity index (χ2n) is 7.03. The van der Waals surface area contributed by atoms with Crippen molar-refractivity contribution in [3.8, 4) is 0 Å². The molecular weight excluding hydrogens is 240 g/mol. The lowest BCUT2D eigenvalue weighted by molar-refractivity contribution is 0.119. The van der Waals surface area contributed by atoms with Crippen molar-refractivity contribution in [2.24, 2.45) is 35.5 Å². The molecule has 100 valence electrons. The molecule has 3 saturated carbocycles. The summed E-state index contributed by atoms with van der Waals surface area (Å²) in [7, 11) is 2.23. The molecule has 4 aliphatic carbocycles. The molecule has 4 aliphatic rings. The fourth-order valence-electron chi connectivity index (χ4n) is 6.46. The minimum Gasteiger partial charge on any atom is -0.400 e. The van der Waals surface area contributed by atoms with Crippen LogP contribution in [0.3, 0.4) is 0 Å². The molecule has 2 nitrogen and oxygen atoms in total. The van der Waals surface area contributed by atoms with Gasteiger partial charge in [-0.25, -0.2) is 0 Å². The highest BCUT2D eigenvalue weighted by Crippen LogP contribution is 2.78. The molecule has 0 aliphatic heterocycles. The average Bonchev–Trinajstić information content (AvgIpc) is 3.06. The third-order valence-corrected chi connectivity index (χ3v) is 9.70. The molecule has 0 aromatic rings. The predicted octanol–water partition coefficient (Wildman–Crippen LogP) is 2.74. The van der Waals surface area contributed by atoms with Crippen molar-refractivity contribution >= 4 is 9.28 Å². The lowest BCUT2D eigenvalue weighted by atomic mass is 9.69. The highest BCUT2D eigenvalue weighted by Gasteiger charge is 2.73. The van der Waals surface area contributed by atoms with E-state index in [0.29, 0.717) is 5.04 Å². The van der Waals surface area contributed by atoms with Gasteiger partial charge in [-0.3, -0.25) is 0 Å². The summed E-state index contributed by atoms with van der Waals surface area (Å²) in [4.78, 5) is 0. The average molecular weight is 264 g/mol. The van der Waals surface area contributed by atoms with E-state index >= 15 is 0 Å². The molecule has 0 amide bonds. The van der Waals surface area contributed by atoms with Gasteiger partial charge in [0.1, 0.15) is 0 Å². The van der Waals surface area contributed by atoms with Gasteiger partial charge in [0.2, 0.25) is 0 Å². The maximum Gasteiger partial charge on any atom is 0.328 e. The summed E-state index contributed by atoms with van der Waals surface area (Å²) >= 11 is 0. The molecule has 7 atom stereocenters. The maximum absolute atomic E-state index is 5.91. The van der Waals surface area contributed by atoms with Gasteiger partial charge in [-0.15, -0.1) is 0 Å². The second-order valence-corrected chi connectivity index (χ2v) is 9.64. The Morgan fingerprint density at radius 1 is 1.11 bits per heavy atom. The van der Waals surface area contributed by atoms with E-state index in [0.717, 1.165) is 35.5 Å². The van der Waals surface area contributed by atoms with Crippen LogP contribution >= 0.6 is 0 Å². The van der Waals surface area contributed by atoms with Gasteiger partial charge in [-0.1, -0.05) is 19.1 Å². The lowest BCUT2D eigenvalue weighted by Crippen LogP contribution is -2.49. The Labute approximate surface area is 112 Å². The van der Waals surface area contributed by atoms with E-state index in [9.17, 15) is 0 Å². The van der Waals surface area contributed by atoms with Gasteiger partial charge in [-0.05, 0) is 54.8 Å². The summed E-state index contributed by atoms with van der Waals surface area (Å²) in [5.41, 5.74) is 0. The van der Waals surface area contributed by atoms with Crippen molar-refractivity contribution < 1.29 is 8.85 Å². The van der Waals surface area contributed by atoms with Crippen LogP contribution in [-0.2, 0) is 8.85 Å². The third kappa shape index (κ3) is 1.09. The van der Waals surface area contributed by atoms with E-state index in [-0.39, 0.29) is 0 Å². The van der Waals surface area contributed by atoms with Gasteiger partial charge in [0.05, 0.1) is 0 Å². The molecule has 0 aromatic carbocycles. The van der Waals surface area contributed by atoms with Gasteiger partial charge in [0.25, 0.3) is 0 Å². The summed E-state index contributed by atoms with van der Waals surface area (Å²) < 4.78 is 11.8. The first-order valence-corrected chi connectivity index (χ1v) is 8.99. The van der Waals surface area contributed by atoms with Gasteiger partial charge < -0.3 is 8.85 Å². The zero-order valence-electron chi connectivity index (χ0n) is 11.6. The quantitative estimate of drug-likeness (QED) is 0.443. The lowest BCUT2D eigenvalue weighted by Gasteiger charge is -2.49. The molecular formula is C15H24O2Si. The smallest absolute Gasteiger partial charge is 0.328 e. The molecule has 4 bridgehead atoms. The Morgan fingerprint density at radius 3 is 2.61 bits per heavy atom. The van der Waals surface area contributed by atoms with E-state index in [4.69, 9.17) is 8.85 Å². The fraction of sp³-hybridized carbons (Fsp3) is 0.867. The molecule has 7 unspecified atom stereocenters. The molecule has 3 fully saturated rings. The number of rotatable bonds is 3. The Bertz CT molecular complexity index is 392. The summed E-state index contributed by atoms with van der Waals surface area (Å²) in [5.74, 6) is 5.27. The largest absolute Gasteiger partial charge is 0.400 e.